The van der Waals surface area contributed by atoms with Crippen molar-refractivity contribution < 1.29 is 28.8 Å². The lowest BCUT2D eigenvalue weighted by molar-refractivity contribution is -0.129. The van der Waals surface area contributed by atoms with Crippen LogP contribution < -0.4 is 25.1 Å². The predicted octanol–water partition coefficient (Wildman–Crippen LogP) is 6.41. The van der Waals surface area contributed by atoms with Crippen molar-refractivity contribution in [3.05, 3.63) is 130 Å². The summed E-state index contributed by atoms with van der Waals surface area (Å²) in [4.78, 5) is 19.5. The van der Waals surface area contributed by atoms with Crippen LogP contribution in [0.1, 0.15) is 41.2 Å². The summed E-state index contributed by atoms with van der Waals surface area (Å²) in [6.45, 7) is 0.740. The number of halogens is 1. The van der Waals surface area contributed by atoms with Gasteiger partial charge in [0.05, 0.1) is 20.8 Å². The number of amides is 1. The second kappa shape index (κ2) is 16.3. The van der Waals surface area contributed by atoms with Crippen LogP contribution >= 0.6 is 15.9 Å². The van der Waals surface area contributed by atoms with Gasteiger partial charge < -0.3 is 24.1 Å². The molecule has 10 heteroatoms. The van der Waals surface area contributed by atoms with E-state index in [2.05, 4.69) is 26.8 Å². The molecule has 1 heterocycles. The lowest BCUT2D eigenvalue weighted by Crippen LogP contribution is -2.52. The molecule has 0 unspecified atom stereocenters. The van der Waals surface area contributed by atoms with Crippen LogP contribution in [0.15, 0.2) is 113 Å². The van der Waals surface area contributed by atoms with Crippen LogP contribution in [0.3, 0.4) is 0 Å². The topological polar surface area (TPSA) is 111 Å². The maximum atomic E-state index is 14.4. The van der Waals surface area contributed by atoms with Gasteiger partial charge in [-0.2, -0.15) is 0 Å². The molecule has 47 heavy (non-hydrogen) atoms. The number of carbonyl (C=O) groups is 1. The largest absolute Gasteiger partial charge is 0.494 e. The summed E-state index contributed by atoms with van der Waals surface area (Å²) in [6.07, 6.45) is 3.96. The van der Waals surface area contributed by atoms with E-state index in [-0.39, 0.29) is 25.5 Å². The Morgan fingerprint density at radius 2 is 1.74 bits per heavy atom. The van der Waals surface area contributed by atoms with E-state index in [0.717, 1.165) is 21.2 Å². The highest BCUT2D eigenvalue weighted by molar-refractivity contribution is 9.10. The second-order valence-electron chi connectivity index (χ2n) is 10.8. The molecular weight excluding hydrogens is 662 g/mol. The predicted molar refractivity (Wildman–Crippen MR) is 185 cm³/mol. The van der Waals surface area contributed by atoms with Crippen LogP contribution in [-0.4, -0.2) is 49.9 Å². The van der Waals surface area contributed by atoms with Gasteiger partial charge in [-0.25, -0.2) is 10.4 Å². The molecule has 0 aromatic heterocycles. The minimum atomic E-state index is -1.38. The molecule has 1 aliphatic rings. The zero-order valence-electron chi connectivity index (χ0n) is 26.3. The number of aliphatic hydroxyl groups is 1. The average molecular weight is 701 g/mol. The first-order chi connectivity index (χ1) is 23.0. The van der Waals surface area contributed by atoms with E-state index in [1.807, 2.05) is 109 Å². The zero-order valence-corrected chi connectivity index (χ0v) is 27.9. The summed E-state index contributed by atoms with van der Waals surface area (Å²) >= 11 is 3.68. The highest BCUT2D eigenvalue weighted by Gasteiger charge is 2.53. The number of aliphatic imine (C=N–C) groups is 1. The minimum Gasteiger partial charge on any atom is -0.494 e. The van der Waals surface area contributed by atoms with Gasteiger partial charge in [-0.05, 0) is 42.0 Å². The van der Waals surface area contributed by atoms with Gasteiger partial charge in [0.2, 0.25) is 5.90 Å². The third kappa shape index (κ3) is 8.02. The molecule has 9 nitrogen and oxygen atoms in total. The summed E-state index contributed by atoms with van der Waals surface area (Å²) in [5.41, 5.74) is 7.91. The smallest absolute Gasteiger partial charge is 0.266 e. The Morgan fingerprint density at radius 3 is 2.47 bits per heavy atom. The fourth-order valence-electron chi connectivity index (χ4n) is 5.34. The van der Waals surface area contributed by atoms with Crippen LogP contribution in [0.5, 0.6) is 17.2 Å². The van der Waals surface area contributed by atoms with Crippen LogP contribution in [0.2, 0.25) is 0 Å². The molecule has 0 spiro atoms. The van der Waals surface area contributed by atoms with Gasteiger partial charge in [0.1, 0.15) is 5.75 Å². The number of nitrogens with zero attached hydrogens (tertiary/aromatic N) is 1. The number of nitrogens with one attached hydrogen (secondary N) is 2. The van der Waals surface area contributed by atoms with Crippen LogP contribution in [-0.2, 0) is 16.1 Å². The molecule has 4 aromatic rings. The van der Waals surface area contributed by atoms with Crippen molar-refractivity contribution in [1.29, 1.82) is 0 Å². The van der Waals surface area contributed by atoms with E-state index in [1.165, 1.54) is 0 Å². The van der Waals surface area contributed by atoms with Gasteiger partial charge >= 0.3 is 0 Å². The van der Waals surface area contributed by atoms with Gasteiger partial charge in [-0.1, -0.05) is 88.7 Å². The molecule has 1 amide bonds. The van der Waals surface area contributed by atoms with E-state index in [9.17, 15) is 4.79 Å². The maximum Gasteiger partial charge on any atom is 0.266 e. The van der Waals surface area contributed by atoms with Gasteiger partial charge in [0, 0.05) is 47.2 Å². The molecule has 0 radical (unpaired) electrons. The Kier molecular flexibility index (Phi) is 11.7. The number of aliphatic hydroxyl groups excluding tert-OH is 1. The molecule has 0 aliphatic carbocycles. The molecule has 0 saturated heterocycles. The quantitative estimate of drug-likeness (QED) is 0.0972. The number of rotatable bonds is 15. The number of hydrazine groups is 1. The first-order valence-electron chi connectivity index (χ1n) is 15.3. The summed E-state index contributed by atoms with van der Waals surface area (Å²) in [7, 11) is 3.16. The maximum absolute atomic E-state index is 14.4. The fourth-order valence-corrected chi connectivity index (χ4v) is 5.83. The van der Waals surface area contributed by atoms with Crippen molar-refractivity contribution in [3.63, 3.8) is 0 Å². The van der Waals surface area contributed by atoms with Crippen molar-refractivity contribution in [1.82, 2.24) is 10.9 Å². The molecule has 5 rings (SSSR count). The third-order valence-electron chi connectivity index (χ3n) is 7.72. The van der Waals surface area contributed by atoms with Crippen molar-refractivity contribution >= 4 is 33.8 Å². The van der Waals surface area contributed by atoms with E-state index >= 15 is 0 Å². The van der Waals surface area contributed by atoms with Gasteiger partial charge in [0.15, 0.2) is 23.1 Å². The SMILES string of the molecule is COc1cccc(CNNC(=O)[C@@]2(C/C=C/c3ccccc3)N=C(c3ccc(OCCCO)cc3)O[C@H]2c2ccccc2Br)c1OC. The van der Waals surface area contributed by atoms with Crippen molar-refractivity contribution in [3.8, 4) is 17.2 Å². The second-order valence-corrected chi connectivity index (χ2v) is 11.6. The summed E-state index contributed by atoms with van der Waals surface area (Å²) < 4.78 is 24.1. The van der Waals surface area contributed by atoms with Crippen LogP contribution in [0.4, 0.5) is 0 Å². The summed E-state index contributed by atoms with van der Waals surface area (Å²) in [5.74, 6) is 1.81. The molecule has 244 valence electrons. The van der Waals surface area contributed by atoms with E-state index in [4.69, 9.17) is 29.0 Å². The number of carbonyl (C=O) groups excluding carboxylic acids is 1. The average Bonchev–Trinajstić information content (AvgIpc) is 3.49. The third-order valence-corrected chi connectivity index (χ3v) is 8.44. The number of ether oxygens (including phenoxy) is 4. The normalized spacial score (nSPS) is 17.2. The number of hydrogen-bond donors (Lipinski definition) is 3. The van der Waals surface area contributed by atoms with E-state index < -0.39 is 11.6 Å². The van der Waals surface area contributed by atoms with Crippen molar-refractivity contribution in [2.75, 3.05) is 27.4 Å². The Balaban J connectivity index is 1.50. The first kappa shape index (κ1) is 33.7. The molecule has 2 atom stereocenters. The monoisotopic (exact) mass is 699 g/mol. The van der Waals surface area contributed by atoms with Crippen molar-refractivity contribution in [2.24, 2.45) is 4.99 Å². The minimum absolute atomic E-state index is 0.0595. The van der Waals surface area contributed by atoms with Gasteiger partial charge in [-0.3, -0.25) is 10.2 Å². The molecule has 0 bridgehead atoms. The van der Waals surface area contributed by atoms with Gasteiger partial charge in [-0.15, -0.1) is 0 Å². The van der Waals surface area contributed by atoms with Crippen LogP contribution in [0, 0.1) is 0 Å². The zero-order chi connectivity index (χ0) is 33.1. The first-order valence-corrected chi connectivity index (χ1v) is 16.1. The van der Waals surface area contributed by atoms with E-state index in [1.54, 1.807) is 14.2 Å². The Bertz CT molecular complexity index is 1700. The molecule has 0 fully saturated rings. The molecule has 1 aliphatic heterocycles. The fraction of sp³-hybridized carbons (Fsp3) is 0.243. The highest BCUT2D eigenvalue weighted by atomic mass is 79.9. The van der Waals surface area contributed by atoms with Crippen molar-refractivity contribution in [2.45, 2.75) is 31.0 Å². The van der Waals surface area contributed by atoms with Gasteiger partial charge in [0.25, 0.3) is 5.91 Å². The number of methoxy groups -OCH3 is 2. The van der Waals surface area contributed by atoms with E-state index in [0.29, 0.717) is 41.7 Å². The number of para-hydroxylation sites is 1. The molecule has 0 saturated carbocycles. The summed E-state index contributed by atoms with van der Waals surface area (Å²) in [5, 5.41) is 9.08. The Labute approximate surface area is 283 Å². The molecular formula is C37H38BrN3O6. The Hall–Kier alpha value is -4.64. The molecule has 3 N–H and O–H groups in total. The number of benzene rings is 4. The molecule has 4 aromatic carbocycles. The van der Waals surface area contributed by atoms with Crippen LogP contribution in [0.25, 0.3) is 6.08 Å². The summed E-state index contributed by atoms with van der Waals surface area (Å²) in [6, 6.07) is 30.5. The lowest BCUT2D eigenvalue weighted by atomic mass is 9.84. The standard InChI is InChI=1S/C37H38BrN3O6/c1-44-32-17-8-14-28(33(32)45-2)25-39-41-36(43)37(22-9-13-26-11-4-3-5-12-26)34(30-15-6-7-16-31(30)38)47-35(40-37)27-18-20-29(21-19-27)46-24-10-23-42/h3-9,11-21,34,39,42H,10,22-25H2,1-2H3,(H,41,43)/b13-9+/t34-,37-/m0/s1. The highest BCUT2D eigenvalue weighted by Crippen LogP contribution is 2.45. The number of hydrogen-bond acceptors (Lipinski definition) is 8. The lowest BCUT2D eigenvalue weighted by Gasteiger charge is -2.30. The Morgan fingerprint density at radius 1 is 0.979 bits per heavy atom.